The summed E-state index contributed by atoms with van der Waals surface area (Å²) < 4.78 is 13.5. The normalized spacial score (nSPS) is 18.3. The van der Waals surface area contributed by atoms with Crippen molar-refractivity contribution in [2.45, 2.75) is 25.4 Å². The Labute approximate surface area is 99.1 Å². The highest BCUT2D eigenvalue weighted by Crippen LogP contribution is 2.32. The number of nitrogens with one attached hydrogen (secondary N) is 2. The number of imidazole rings is 1. The Morgan fingerprint density at radius 3 is 3.24 bits per heavy atom. The largest absolute Gasteiger partial charge is 0.348 e. The van der Waals surface area contributed by atoms with Crippen LogP contribution >= 0.6 is 0 Å². The summed E-state index contributed by atoms with van der Waals surface area (Å²) in [6.07, 6.45) is 5.31. The second-order valence-corrected chi connectivity index (χ2v) is 4.32. The molecule has 1 aromatic carbocycles. The van der Waals surface area contributed by atoms with Gasteiger partial charge in [0, 0.05) is 18.4 Å². The van der Waals surface area contributed by atoms with Crippen molar-refractivity contribution in [3.8, 4) is 0 Å². The van der Waals surface area contributed by atoms with Gasteiger partial charge in [-0.25, -0.2) is 9.37 Å². The first-order valence-corrected chi connectivity index (χ1v) is 5.83. The highest BCUT2D eigenvalue weighted by Gasteiger charge is 2.24. The molecule has 0 aliphatic heterocycles. The predicted molar refractivity (Wildman–Crippen MR) is 62.9 cm³/mol. The minimum Gasteiger partial charge on any atom is -0.348 e. The number of nitrogens with zero attached hydrogens (tertiary/aromatic N) is 1. The summed E-state index contributed by atoms with van der Waals surface area (Å²) in [6.45, 7) is 0.688. The molecule has 3 nitrogen and oxygen atoms in total. The maximum absolute atomic E-state index is 13.5. The molecule has 0 bridgehead atoms. The zero-order valence-corrected chi connectivity index (χ0v) is 9.41. The molecule has 1 heterocycles. The van der Waals surface area contributed by atoms with Crippen LogP contribution in [-0.4, -0.2) is 9.97 Å². The van der Waals surface area contributed by atoms with E-state index in [0.717, 1.165) is 29.8 Å². The minimum absolute atomic E-state index is 0.0789. The molecule has 3 rings (SSSR count). The van der Waals surface area contributed by atoms with Gasteiger partial charge < -0.3 is 10.3 Å². The summed E-state index contributed by atoms with van der Waals surface area (Å²) in [7, 11) is 0. The van der Waals surface area contributed by atoms with Crippen LogP contribution in [0.2, 0.25) is 0 Å². The van der Waals surface area contributed by atoms with E-state index in [1.165, 1.54) is 6.07 Å². The van der Waals surface area contributed by atoms with Gasteiger partial charge in [0.05, 0.1) is 6.54 Å². The number of benzene rings is 1. The van der Waals surface area contributed by atoms with Crippen LogP contribution in [0.3, 0.4) is 0 Å². The monoisotopic (exact) mass is 231 g/mol. The van der Waals surface area contributed by atoms with E-state index in [0.29, 0.717) is 6.54 Å². The van der Waals surface area contributed by atoms with Gasteiger partial charge in [-0.3, -0.25) is 0 Å². The van der Waals surface area contributed by atoms with Gasteiger partial charge in [-0.15, -0.1) is 0 Å². The van der Waals surface area contributed by atoms with Crippen LogP contribution in [0, 0.1) is 5.82 Å². The first-order chi connectivity index (χ1) is 8.34. The molecule has 1 unspecified atom stereocenters. The van der Waals surface area contributed by atoms with Crippen LogP contribution < -0.4 is 5.32 Å². The van der Waals surface area contributed by atoms with Crippen molar-refractivity contribution in [1.29, 1.82) is 0 Å². The van der Waals surface area contributed by atoms with Crippen molar-refractivity contribution < 1.29 is 4.39 Å². The summed E-state index contributed by atoms with van der Waals surface area (Å²) in [5.41, 5.74) is 1.96. The molecule has 88 valence electrons. The highest BCUT2D eigenvalue weighted by molar-refractivity contribution is 5.35. The molecule has 0 fully saturated rings. The van der Waals surface area contributed by atoms with Gasteiger partial charge in [-0.1, -0.05) is 12.1 Å². The third-order valence-electron chi connectivity index (χ3n) is 3.28. The van der Waals surface area contributed by atoms with Gasteiger partial charge in [0.2, 0.25) is 0 Å². The van der Waals surface area contributed by atoms with Crippen molar-refractivity contribution in [2.24, 2.45) is 0 Å². The second-order valence-electron chi connectivity index (χ2n) is 4.32. The molecule has 0 saturated carbocycles. The number of H-pyrrole nitrogens is 1. The lowest BCUT2D eigenvalue weighted by molar-refractivity contribution is 0.521. The Balaban J connectivity index is 1.73. The number of halogens is 1. The van der Waals surface area contributed by atoms with Crippen LogP contribution in [0.5, 0.6) is 0 Å². The van der Waals surface area contributed by atoms with Gasteiger partial charge in [0.25, 0.3) is 0 Å². The maximum Gasteiger partial charge on any atom is 0.126 e. The second kappa shape index (κ2) is 4.30. The average molecular weight is 231 g/mol. The number of rotatable bonds is 3. The molecule has 2 aromatic rings. The van der Waals surface area contributed by atoms with Gasteiger partial charge >= 0.3 is 0 Å². The molecule has 1 atom stereocenters. The third-order valence-corrected chi connectivity index (χ3v) is 3.28. The molecule has 1 aliphatic rings. The Bertz CT molecular complexity index is 507. The summed E-state index contributed by atoms with van der Waals surface area (Å²) in [6, 6.07) is 5.56. The zero-order chi connectivity index (χ0) is 11.7. The Hall–Kier alpha value is -1.68. The lowest BCUT2D eigenvalue weighted by Gasteiger charge is -2.12. The molecular formula is C13H14FN3. The number of fused-ring (bicyclic) bond motifs is 1. The standard InChI is InChI=1S/C13H14FN3/c14-11-3-1-2-10-9(11)4-5-12(10)17-8-13-15-6-7-16-13/h1-3,6-7,12,17H,4-5,8H2,(H,15,16). The van der Waals surface area contributed by atoms with E-state index in [-0.39, 0.29) is 11.9 Å². The average Bonchev–Trinajstić information content (AvgIpc) is 2.95. The van der Waals surface area contributed by atoms with Crippen molar-refractivity contribution in [1.82, 2.24) is 15.3 Å². The van der Waals surface area contributed by atoms with Crippen LogP contribution in [0.4, 0.5) is 4.39 Å². The molecule has 4 heteroatoms. The molecule has 0 amide bonds. The van der Waals surface area contributed by atoms with E-state index in [1.807, 2.05) is 6.07 Å². The fraction of sp³-hybridized carbons (Fsp3) is 0.308. The molecule has 2 N–H and O–H groups in total. The van der Waals surface area contributed by atoms with Crippen LogP contribution in [-0.2, 0) is 13.0 Å². The third kappa shape index (κ3) is 1.96. The predicted octanol–water partition coefficient (Wildman–Crippen LogP) is 2.33. The van der Waals surface area contributed by atoms with E-state index in [9.17, 15) is 4.39 Å². The first kappa shape index (κ1) is 10.5. The first-order valence-electron chi connectivity index (χ1n) is 5.83. The van der Waals surface area contributed by atoms with Crippen molar-refractivity contribution in [3.05, 3.63) is 53.4 Å². The van der Waals surface area contributed by atoms with Gasteiger partial charge in [-0.05, 0) is 30.0 Å². The van der Waals surface area contributed by atoms with Gasteiger partial charge in [-0.2, -0.15) is 0 Å². The molecule has 0 spiro atoms. The van der Waals surface area contributed by atoms with E-state index in [4.69, 9.17) is 0 Å². The molecular weight excluding hydrogens is 217 g/mol. The molecule has 1 aliphatic carbocycles. The smallest absolute Gasteiger partial charge is 0.126 e. The lowest BCUT2D eigenvalue weighted by Crippen LogP contribution is -2.19. The quantitative estimate of drug-likeness (QED) is 0.851. The number of aromatic amines is 1. The zero-order valence-electron chi connectivity index (χ0n) is 9.41. The van der Waals surface area contributed by atoms with E-state index >= 15 is 0 Å². The number of hydrogen-bond acceptors (Lipinski definition) is 2. The van der Waals surface area contributed by atoms with E-state index in [1.54, 1.807) is 18.5 Å². The molecule has 0 radical (unpaired) electrons. The summed E-state index contributed by atoms with van der Waals surface area (Å²) in [4.78, 5) is 7.21. The molecule has 1 aromatic heterocycles. The van der Waals surface area contributed by atoms with E-state index in [2.05, 4.69) is 15.3 Å². The van der Waals surface area contributed by atoms with Crippen molar-refractivity contribution >= 4 is 0 Å². The fourth-order valence-electron chi connectivity index (χ4n) is 2.44. The van der Waals surface area contributed by atoms with Crippen LogP contribution in [0.25, 0.3) is 0 Å². The maximum atomic E-state index is 13.5. The molecule has 17 heavy (non-hydrogen) atoms. The number of hydrogen-bond donors (Lipinski definition) is 2. The van der Waals surface area contributed by atoms with Crippen LogP contribution in [0.15, 0.2) is 30.6 Å². The SMILES string of the molecule is Fc1cccc2c1CCC2NCc1ncc[nH]1. The fourth-order valence-corrected chi connectivity index (χ4v) is 2.44. The Morgan fingerprint density at radius 2 is 2.41 bits per heavy atom. The lowest BCUT2D eigenvalue weighted by atomic mass is 10.1. The Morgan fingerprint density at radius 1 is 1.47 bits per heavy atom. The van der Waals surface area contributed by atoms with Gasteiger partial charge in [0.1, 0.15) is 11.6 Å². The van der Waals surface area contributed by atoms with Gasteiger partial charge in [0.15, 0.2) is 0 Å². The summed E-state index contributed by atoms with van der Waals surface area (Å²) in [5.74, 6) is 0.833. The Kier molecular flexibility index (Phi) is 2.65. The van der Waals surface area contributed by atoms with Crippen molar-refractivity contribution in [2.75, 3.05) is 0 Å². The van der Waals surface area contributed by atoms with E-state index < -0.39 is 0 Å². The minimum atomic E-state index is -0.0789. The topological polar surface area (TPSA) is 40.7 Å². The van der Waals surface area contributed by atoms with Crippen LogP contribution in [0.1, 0.15) is 29.4 Å². The van der Waals surface area contributed by atoms with Crippen molar-refractivity contribution in [3.63, 3.8) is 0 Å². The summed E-state index contributed by atoms with van der Waals surface area (Å²) in [5, 5.41) is 3.41. The highest BCUT2D eigenvalue weighted by atomic mass is 19.1. The summed E-state index contributed by atoms with van der Waals surface area (Å²) >= 11 is 0. The number of aromatic nitrogens is 2. The molecule has 0 saturated heterocycles.